The maximum Gasteiger partial charge on any atom is 0.260 e. The van der Waals surface area contributed by atoms with E-state index in [-0.39, 0.29) is 0 Å². The lowest BCUT2D eigenvalue weighted by molar-refractivity contribution is -0.119. The number of hydrazone groups is 1. The Balaban J connectivity index is 2.18. The van der Waals surface area contributed by atoms with Crippen LogP contribution >= 0.6 is 0 Å². The SMILES string of the molecule is COc1ccc(OC)c(/C=N\NC(=O)CN(c2cccc(C)c2C)S(C)(=O)=O)c1. The van der Waals surface area contributed by atoms with Crippen LogP contribution in [0.25, 0.3) is 0 Å². The monoisotopic (exact) mass is 419 g/mol. The van der Waals surface area contributed by atoms with E-state index in [1.54, 1.807) is 30.3 Å². The van der Waals surface area contributed by atoms with Crippen LogP contribution in [0.1, 0.15) is 16.7 Å². The molecule has 156 valence electrons. The van der Waals surface area contributed by atoms with Gasteiger partial charge in [-0.3, -0.25) is 9.10 Å². The Bertz CT molecular complexity index is 1020. The maximum atomic E-state index is 12.4. The number of anilines is 1. The summed E-state index contributed by atoms with van der Waals surface area (Å²) in [4.78, 5) is 12.4. The first-order chi connectivity index (χ1) is 13.7. The molecule has 2 aromatic rings. The first-order valence-electron chi connectivity index (χ1n) is 8.75. The van der Waals surface area contributed by atoms with Crippen LogP contribution in [-0.4, -0.2) is 47.6 Å². The van der Waals surface area contributed by atoms with Crippen molar-refractivity contribution in [3.63, 3.8) is 0 Å². The molecule has 2 rings (SSSR count). The van der Waals surface area contributed by atoms with Crippen molar-refractivity contribution in [3.05, 3.63) is 53.1 Å². The molecule has 0 unspecified atom stereocenters. The number of ether oxygens (including phenoxy) is 2. The second-order valence-electron chi connectivity index (χ2n) is 6.39. The number of carbonyl (C=O) groups is 1. The van der Waals surface area contributed by atoms with Gasteiger partial charge in [0.1, 0.15) is 18.0 Å². The number of carbonyl (C=O) groups excluding carboxylic acids is 1. The van der Waals surface area contributed by atoms with Crippen molar-refractivity contribution in [2.75, 3.05) is 31.3 Å². The van der Waals surface area contributed by atoms with Gasteiger partial charge in [0, 0.05) is 5.56 Å². The second-order valence-corrected chi connectivity index (χ2v) is 8.30. The molecule has 8 nitrogen and oxygen atoms in total. The zero-order valence-electron chi connectivity index (χ0n) is 17.1. The van der Waals surface area contributed by atoms with Gasteiger partial charge >= 0.3 is 0 Å². The van der Waals surface area contributed by atoms with Crippen LogP contribution in [0.15, 0.2) is 41.5 Å². The van der Waals surface area contributed by atoms with E-state index in [9.17, 15) is 13.2 Å². The Labute approximate surface area is 171 Å². The van der Waals surface area contributed by atoms with Gasteiger partial charge in [-0.05, 0) is 49.2 Å². The molecule has 0 spiro atoms. The molecule has 9 heteroatoms. The Hall–Kier alpha value is -3.07. The minimum atomic E-state index is -3.67. The number of sulfonamides is 1. The van der Waals surface area contributed by atoms with Gasteiger partial charge in [0.15, 0.2) is 0 Å². The van der Waals surface area contributed by atoms with Gasteiger partial charge in [0.25, 0.3) is 5.91 Å². The van der Waals surface area contributed by atoms with Crippen LogP contribution in [0.5, 0.6) is 11.5 Å². The van der Waals surface area contributed by atoms with Gasteiger partial charge in [0.05, 0.1) is 32.4 Å². The van der Waals surface area contributed by atoms with E-state index in [4.69, 9.17) is 9.47 Å². The third kappa shape index (κ3) is 5.71. The van der Waals surface area contributed by atoms with E-state index in [1.165, 1.54) is 20.4 Å². The zero-order chi connectivity index (χ0) is 21.6. The first-order valence-corrected chi connectivity index (χ1v) is 10.6. The van der Waals surface area contributed by atoms with Crippen LogP contribution in [0, 0.1) is 13.8 Å². The zero-order valence-corrected chi connectivity index (χ0v) is 17.9. The Morgan fingerprint density at radius 2 is 1.90 bits per heavy atom. The van der Waals surface area contributed by atoms with Crippen LogP contribution in [-0.2, 0) is 14.8 Å². The fourth-order valence-electron chi connectivity index (χ4n) is 2.67. The molecular weight excluding hydrogens is 394 g/mol. The molecular formula is C20H25N3O5S. The summed E-state index contributed by atoms with van der Waals surface area (Å²) in [5.74, 6) is 0.586. The van der Waals surface area contributed by atoms with Gasteiger partial charge in [-0.25, -0.2) is 13.8 Å². The van der Waals surface area contributed by atoms with Gasteiger partial charge in [0.2, 0.25) is 10.0 Å². The lowest BCUT2D eigenvalue weighted by atomic mass is 10.1. The molecule has 0 bridgehead atoms. The largest absolute Gasteiger partial charge is 0.497 e. The third-order valence-corrected chi connectivity index (χ3v) is 5.49. The van der Waals surface area contributed by atoms with Gasteiger partial charge < -0.3 is 9.47 Å². The lowest BCUT2D eigenvalue weighted by Crippen LogP contribution is -2.39. The molecule has 0 saturated heterocycles. The van der Waals surface area contributed by atoms with Crippen molar-refractivity contribution in [3.8, 4) is 11.5 Å². The molecule has 0 atom stereocenters. The molecule has 0 heterocycles. The highest BCUT2D eigenvalue weighted by Crippen LogP contribution is 2.25. The molecule has 0 fully saturated rings. The van der Waals surface area contributed by atoms with E-state index in [1.807, 2.05) is 19.9 Å². The number of hydrogen-bond acceptors (Lipinski definition) is 6. The summed E-state index contributed by atoms with van der Waals surface area (Å²) >= 11 is 0. The molecule has 2 aromatic carbocycles. The molecule has 0 aromatic heterocycles. The van der Waals surface area contributed by atoms with E-state index in [2.05, 4.69) is 10.5 Å². The summed E-state index contributed by atoms with van der Waals surface area (Å²) in [6.45, 7) is 3.30. The standard InChI is InChI=1S/C20H25N3O5S/c1-14-7-6-8-18(15(14)2)23(29(5,25)26)13-20(24)22-21-12-16-11-17(27-3)9-10-19(16)28-4/h6-12H,13H2,1-5H3,(H,22,24)/b21-12-. The first kappa shape index (κ1) is 22.2. The average Bonchev–Trinajstić information content (AvgIpc) is 2.67. The van der Waals surface area contributed by atoms with Gasteiger partial charge in [-0.15, -0.1) is 0 Å². The highest BCUT2D eigenvalue weighted by Gasteiger charge is 2.22. The molecule has 0 aliphatic rings. The van der Waals surface area contributed by atoms with Crippen LogP contribution in [0.3, 0.4) is 0 Å². The maximum absolute atomic E-state index is 12.4. The van der Waals surface area contributed by atoms with Crippen molar-refractivity contribution in [1.29, 1.82) is 0 Å². The molecule has 29 heavy (non-hydrogen) atoms. The topological polar surface area (TPSA) is 97.3 Å². The minimum absolute atomic E-state index is 0.393. The molecule has 0 radical (unpaired) electrons. The van der Waals surface area contributed by atoms with Crippen molar-refractivity contribution in [2.24, 2.45) is 5.10 Å². The summed E-state index contributed by atoms with van der Waals surface area (Å²) in [6, 6.07) is 10.5. The number of aryl methyl sites for hydroxylation is 1. The number of methoxy groups -OCH3 is 2. The number of rotatable bonds is 8. The van der Waals surface area contributed by atoms with Gasteiger partial charge in [-0.1, -0.05) is 12.1 Å². The van der Waals surface area contributed by atoms with Crippen LogP contribution < -0.4 is 19.2 Å². The van der Waals surface area contributed by atoms with Crippen LogP contribution in [0.4, 0.5) is 5.69 Å². The summed E-state index contributed by atoms with van der Waals surface area (Å²) in [7, 11) is -0.606. The third-order valence-electron chi connectivity index (χ3n) is 4.36. The lowest BCUT2D eigenvalue weighted by Gasteiger charge is -2.23. The Morgan fingerprint density at radius 3 is 2.52 bits per heavy atom. The fourth-order valence-corrected chi connectivity index (χ4v) is 3.57. The number of amides is 1. The quantitative estimate of drug-likeness (QED) is 0.523. The van der Waals surface area contributed by atoms with Crippen molar-refractivity contribution in [2.45, 2.75) is 13.8 Å². The van der Waals surface area contributed by atoms with Crippen molar-refractivity contribution >= 4 is 27.8 Å². The van der Waals surface area contributed by atoms with Crippen LogP contribution in [0.2, 0.25) is 0 Å². The number of nitrogens with zero attached hydrogens (tertiary/aromatic N) is 2. The number of benzene rings is 2. The van der Waals surface area contributed by atoms with E-state index in [0.29, 0.717) is 22.7 Å². The summed E-state index contributed by atoms with van der Waals surface area (Å²) in [5, 5.41) is 3.91. The number of hydrogen-bond donors (Lipinski definition) is 1. The highest BCUT2D eigenvalue weighted by molar-refractivity contribution is 7.92. The predicted octanol–water partition coefficient (Wildman–Crippen LogP) is 2.24. The fraction of sp³-hybridized carbons (Fsp3) is 0.300. The molecule has 0 aliphatic carbocycles. The molecule has 1 amide bonds. The summed E-state index contributed by atoms with van der Waals surface area (Å²) in [6.07, 6.45) is 2.47. The van der Waals surface area contributed by atoms with Crippen molar-refractivity contribution in [1.82, 2.24) is 5.43 Å². The second kappa shape index (κ2) is 9.42. The summed E-state index contributed by atoms with van der Waals surface area (Å²) in [5.41, 5.74) is 5.13. The highest BCUT2D eigenvalue weighted by atomic mass is 32.2. The molecule has 0 aliphatic heterocycles. The number of nitrogens with one attached hydrogen (secondary N) is 1. The summed E-state index contributed by atoms with van der Waals surface area (Å²) < 4.78 is 36.0. The smallest absolute Gasteiger partial charge is 0.260 e. The minimum Gasteiger partial charge on any atom is -0.497 e. The van der Waals surface area contributed by atoms with E-state index >= 15 is 0 Å². The predicted molar refractivity (Wildman–Crippen MR) is 113 cm³/mol. The van der Waals surface area contributed by atoms with E-state index in [0.717, 1.165) is 21.7 Å². The average molecular weight is 420 g/mol. The van der Waals surface area contributed by atoms with Gasteiger partial charge in [-0.2, -0.15) is 5.10 Å². The Morgan fingerprint density at radius 1 is 1.17 bits per heavy atom. The Kier molecular flexibility index (Phi) is 7.22. The molecule has 0 saturated carbocycles. The molecule has 1 N–H and O–H groups in total. The normalized spacial score (nSPS) is 11.3. The van der Waals surface area contributed by atoms with Crippen molar-refractivity contribution < 1.29 is 22.7 Å². The van der Waals surface area contributed by atoms with E-state index < -0.39 is 22.5 Å².